The van der Waals surface area contributed by atoms with Crippen molar-refractivity contribution in [2.24, 2.45) is 0 Å². The predicted molar refractivity (Wildman–Crippen MR) is 93.4 cm³/mol. The lowest BCUT2D eigenvalue weighted by molar-refractivity contribution is -0.242. The van der Waals surface area contributed by atoms with Crippen LogP contribution in [0.4, 0.5) is 18.9 Å². The van der Waals surface area contributed by atoms with E-state index in [1.807, 2.05) is 5.32 Å². The summed E-state index contributed by atoms with van der Waals surface area (Å²) in [5.41, 5.74) is -3.40. The first kappa shape index (κ1) is 21.2. The van der Waals surface area contributed by atoms with Crippen molar-refractivity contribution >= 4 is 33.0 Å². The standard InChI is InChI=1S/C17H15ClF3NO4S/c1-10-5-3-4-6-14(10)27(25,26)11-7-8-13(12(18)9-11)22-15(23)16(2,24)17(19,20)21/h3-9,24H,1-2H3,(H,22,23). The topological polar surface area (TPSA) is 83.5 Å². The lowest BCUT2D eigenvalue weighted by atomic mass is 10.1. The molecule has 0 aliphatic heterocycles. The normalized spacial score (nSPS) is 14.5. The van der Waals surface area contributed by atoms with Crippen LogP contribution in [0.25, 0.3) is 0 Å². The Kier molecular flexibility index (Phi) is 5.61. The highest BCUT2D eigenvalue weighted by Gasteiger charge is 2.55. The van der Waals surface area contributed by atoms with Crippen LogP contribution in [-0.4, -0.2) is 31.2 Å². The second-order valence-corrected chi connectivity index (χ2v) is 8.26. The van der Waals surface area contributed by atoms with Gasteiger partial charge in [-0.25, -0.2) is 8.42 Å². The lowest BCUT2D eigenvalue weighted by Gasteiger charge is -2.25. The fraction of sp³-hybridized carbons (Fsp3) is 0.235. The van der Waals surface area contributed by atoms with Crippen LogP contribution in [0.2, 0.25) is 5.02 Å². The van der Waals surface area contributed by atoms with Crippen molar-refractivity contribution in [3.05, 3.63) is 53.1 Å². The van der Waals surface area contributed by atoms with E-state index in [4.69, 9.17) is 11.6 Å². The Morgan fingerprint density at radius 2 is 1.74 bits per heavy atom. The van der Waals surface area contributed by atoms with Crippen LogP contribution in [-0.2, 0) is 14.6 Å². The smallest absolute Gasteiger partial charge is 0.373 e. The molecular formula is C17H15ClF3NO4S. The SMILES string of the molecule is Cc1ccccc1S(=O)(=O)c1ccc(NC(=O)C(C)(O)C(F)(F)F)c(Cl)c1. The Morgan fingerprint density at radius 1 is 1.15 bits per heavy atom. The Balaban J connectivity index is 2.37. The minimum atomic E-state index is -5.20. The van der Waals surface area contributed by atoms with E-state index in [1.54, 1.807) is 25.1 Å². The average molecular weight is 422 g/mol. The third kappa shape index (κ3) is 4.10. The predicted octanol–water partition coefficient (Wildman–Crippen LogP) is 3.73. The molecule has 0 radical (unpaired) electrons. The summed E-state index contributed by atoms with van der Waals surface area (Å²) in [5, 5.41) is 10.9. The fourth-order valence-electron chi connectivity index (χ4n) is 2.12. The summed E-state index contributed by atoms with van der Waals surface area (Å²) >= 11 is 5.93. The van der Waals surface area contributed by atoms with Crippen LogP contribution >= 0.6 is 11.6 Å². The Morgan fingerprint density at radius 3 is 2.26 bits per heavy atom. The van der Waals surface area contributed by atoms with E-state index in [-0.39, 0.29) is 20.5 Å². The van der Waals surface area contributed by atoms with Gasteiger partial charge in [-0.2, -0.15) is 13.2 Å². The van der Waals surface area contributed by atoms with Crippen LogP contribution in [0, 0.1) is 6.92 Å². The minimum Gasteiger partial charge on any atom is -0.373 e. The molecule has 2 aromatic rings. The Hall–Kier alpha value is -2.10. The molecule has 0 saturated carbocycles. The molecule has 0 spiro atoms. The molecule has 1 unspecified atom stereocenters. The number of carbonyl (C=O) groups excluding carboxylic acids is 1. The largest absolute Gasteiger partial charge is 0.426 e. The summed E-state index contributed by atoms with van der Waals surface area (Å²) in [6.07, 6.45) is -5.20. The Bertz CT molecular complexity index is 988. The minimum absolute atomic E-state index is 0.0536. The molecule has 1 atom stereocenters. The van der Waals surface area contributed by atoms with E-state index < -0.39 is 27.5 Å². The van der Waals surface area contributed by atoms with Crippen LogP contribution in [0.5, 0.6) is 0 Å². The molecule has 146 valence electrons. The summed E-state index contributed by atoms with van der Waals surface area (Å²) in [6, 6.07) is 9.42. The number of alkyl halides is 3. The van der Waals surface area contributed by atoms with Gasteiger partial charge in [0.1, 0.15) is 0 Å². The van der Waals surface area contributed by atoms with Gasteiger partial charge in [0.15, 0.2) is 0 Å². The molecule has 5 nitrogen and oxygen atoms in total. The van der Waals surface area contributed by atoms with Crippen molar-refractivity contribution < 1.29 is 31.5 Å². The molecule has 0 aromatic heterocycles. The van der Waals surface area contributed by atoms with E-state index in [9.17, 15) is 31.5 Å². The van der Waals surface area contributed by atoms with Crippen LogP contribution in [0.15, 0.2) is 52.3 Å². The maximum absolute atomic E-state index is 12.7. The van der Waals surface area contributed by atoms with Gasteiger partial charge >= 0.3 is 6.18 Å². The molecule has 0 aliphatic rings. The molecule has 0 aliphatic carbocycles. The molecule has 2 aromatic carbocycles. The highest BCUT2D eigenvalue weighted by atomic mass is 35.5. The zero-order chi connectivity index (χ0) is 20.6. The zero-order valence-electron chi connectivity index (χ0n) is 14.1. The molecule has 0 bridgehead atoms. The second-order valence-electron chi connectivity index (χ2n) is 5.93. The first-order chi connectivity index (χ1) is 12.3. The third-order valence-corrected chi connectivity index (χ3v) is 6.10. The van der Waals surface area contributed by atoms with E-state index in [0.29, 0.717) is 12.5 Å². The van der Waals surface area contributed by atoms with Crippen LogP contribution in [0.3, 0.4) is 0 Å². The van der Waals surface area contributed by atoms with Crippen LogP contribution in [0.1, 0.15) is 12.5 Å². The lowest BCUT2D eigenvalue weighted by Crippen LogP contribution is -2.52. The maximum Gasteiger partial charge on any atom is 0.426 e. The fourth-order valence-corrected chi connectivity index (χ4v) is 3.94. The number of halogens is 4. The third-order valence-electron chi connectivity index (χ3n) is 3.88. The van der Waals surface area contributed by atoms with Crippen molar-refractivity contribution in [3.63, 3.8) is 0 Å². The number of hydrogen-bond acceptors (Lipinski definition) is 4. The number of amides is 1. The van der Waals surface area contributed by atoms with Crippen LogP contribution < -0.4 is 5.32 Å². The van der Waals surface area contributed by atoms with Crippen molar-refractivity contribution in [1.29, 1.82) is 0 Å². The van der Waals surface area contributed by atoms with Gasteiger partial charge in [-0.3, -0.25) is 4.79 Å². The van der Waals surface area contributed by atoms with E-state index >= 15 is 0 Å². The summed E-state index contributed by atoms with van der Waals surface area (Å²) in [4.78, 5) is 11.6. The number of benzene rings is 2. The van der Waals surface area contributed by atoms with Gasteiger partial charge in [0, 0.05) is 0 Å². The molecule has 2 rings (SSSR count). The summed E-state index contributed by atoms with van der Waals surface area (Å²) in [5.74, 6) is -1.74. The zero-order valence-corrected chi connectivity index (χ0v) is 15.7. The number of nitrogens with one attached hydrogen (secondary N) is 1. The summed E-state index contributed by atoms with van der Waals surface area (Å²) in [7, 11) is -3.92. The molecular weight excluding hydrogens is 407 g/mol. The van der Waals surface area contributed by atoms with E-state index in [2.05, 4.69) is 0 Å². The van der Waals surface area contributed by atoms with E-state index in [1.165, 1.54) is 6.07 Å². The van der Waals surface area contributed by atoms with Crippen molar-refractivity contribution in [3.8, 4) is 0 Å². The van der Waals surface area contributed by atoms with Gasteiger partial charge in [-0.05, 0) is 43.7 Å². The molecule has 0 saturated heterocycles. The molecule has 27 heavy (non-hydrogen) atoms. The number of rotatable bonds is 4. The molecule has 2 N–H and O–H groups in total. The second kappa shape index (κ2) is 7.14. The van der Waals surface area contributed by atoms with Gasteiger partial charge in [-0.1, -0.05) is 29.8 Å². The monoisotopic (exact) mass is 421 g/mol. The van der Waals surface area contributed by atoms with Gasteiger partial charge in [0.25, 0.3) is 5.91 Å². The Labute approximate surface area is 158 Å². The van der Waals surface area contributed by atoms with Gasteiger partial charge in [0.2, 0.25) is 15.4 Å². The molecule has 10 heteroatoms. The molecule has 0 fully saturated rings. The van der Waals surface area contributed by atoms with Gasteiger partial charge < -0.3 is 10.4 Å². The van der Waals surface area contributed by atoms with E-state index in [0.717, 1.165) is 18.2 Å². The number of aryl methyl sites for hydroxylation is 1. The van der Waals surface area contributed by atoms with Crippen molar-refractivity contribution in [1.82, 2.24) is 0 Å². The number of sulfone groups is 1. The number of aliphatic hydroxyl groups is 1. The highest BCUT2D eigenvalue weighted by Crippen LogP contribution is 2.33. The van der Waals surface area contributed by atoms with Gasteiger partial charge in [-0.15, -0.1) is 0 Å². The highest BCUT2D eigenvalue weighted by molar-refractivity contribution is 7.91. The molecule has 0 heterocycles. The number of anilines is 1. The maximum atomic E-state index is 12.7. The average Bonchev–Trinajstić information content (AvgIpc) is 2.55. The summed E-state index contributed by atoms with van der Waals surface area (Å²) in [6.45, 7) is 1.91. The number of hydrogen-bond donors (Lipinski definition) is 2. The molecule has 1 amide bonds. The summed E-state index contributed by atoms with van der Waals surface area (Å²) < 4.78 is 63.5. The quantitative estimate of drug-likeness (QED) is 0.787. The van der Waals surface area contributed by atoms with Crippen molar-refractivity contribution in [2.75, 3.05) is 5.32 Å². The first-order valence-electron chi connectivity index (χ1n) is 7.49. The number of carbonyl (C=O) groups is 1. The van der Waals surface area contributed by atoms with Gasteiger partial charge in [0.05, 0.1) is 20.5 Å². The first-order valence-corrected chi connectivity index (χ1v) is 9.35. The van der Waals surface area contributed by atoms with Crippen molar-refractivity contribution in [2.45, 2.75) is 35.4 Å².